The molecular formula is C24H36N2O6SSi. The second-order valence-corrected chi connectivity index (χ2v) is 17.0. The Bertz CT molecular complexity index is 969. The van der Waals surface area contributed by atoms with Crippen LogP contribution < -0.4 is 10.2 Å². The third-order valence-corrected chi connectivity index (χ3v) is 11.8. The van der Waals surface area contributed by atoms with Gasteiger partial charge < -0.3 is 19.2 Å². The Morgan fingerprint density at radius 3 is 2.53 bits per heavy atom. The molecule has 1 saturated heterocycles. The number of carbonyl (C=O) groups is 3. The lowest BCUT2D eigenvalue weighted by Crippen LogP contribution is -2.49. The van der Waals surface area contributed by atoms with Gasteiger partial charge in [-0.1, -0.05) is 20.8 Å². The van der Waals surface area contributed by atoms with Crippen LogP contribution >= 0.6 is 11.8 Å². The van der Waals surface area contributed by atoms with Gasteiger partial charge in [-0.15, -0.1) is 11.8 Å². The van der Waals surface area contributed by atoms with Crippen molar-refractivity contribution >= 4 is 49.4 Å². The average Bonchev–Trinajstić information content (AvgIpc) is 3.06. The van der Waals surface area contributed by atoms with Crippen LogP contribution in [-0.4, -0.2) is 56.4 Å². The number of nitrogens with one attached hydrogen (secondary N) is 1. The summed E-state index contributed by atoms with van der Waals surface area (Å²) in [6.07, 6.45) is -1.77. The first-order valence-electron chi connectivity index (χ1n) is 11.5. The number of cyclic esters (lactones) is 1. The van der Waals surface area contributed by atoms with E-state index in [1.165, 1.54) is 16.7 Å². The maximum atomic E-state index is 12.8. The highest BCUT2D eigenvalue weighted by Gasteiger charge is 2.45. The zero-order valence-corrected chi connectivity index (χ0v) is 23.1. The van der Waals surface area contributed by atoms with Crippen LogP contribution in [0.5, 0.6) is 0 Å². The van der Waals surface area contributed by atoms with Gasteiger partial charge in [0.1, 0.15) is 11.7 Å². The summed E-state index contributed by atoms with van der Waals surface area (Å²) in [5.74, 6) is -0.0898. The highest BCUT2D eigenvalue weighted by molar-refractivity contribution is 8.00. The van der Waals surface area contributed by atoms with Crippen LogP contribution in [0.4, 0.5) is 16.2 Å². The Balaban J connectivity index is 1.82. The maximum absolute atomic E-state index is 12.8. The molecule has 0 aromatic heterocycles. The summed E-state index contributed by atoms with van der Waals surface area (Å²) in [6.45, 7) is 16.3. The number of esters is 1. The van der Waals surface area contributed by atoms with Gasteiger partial charge in [0.15, 0.2) is 8.32 Å². The van der Waals surface area contributed by atoms with E-state index in [2.05, 4.69) is 39.2 Å². The number of anilines is 2. The maximum Gasteiger partial charge on any atom is 0.414 e. The van der Waals surface area contributed by atoms with Crippen LogP contribution in [0.15, 0.2) is 23.1 Å². The van der Waals surface area contributed by atoms with Gasteiger partial charge >= 0.3 is 12.1 Å². The van der Waals surface area contributed by atoms with Crippen molar-refractivity contribution in [3.63, 3.8) is 0 Å². The molecule has 2 unspecified atom stereocenters. The predicted molar refractivity (Wildman–Crippen MR) is 136 cm³/mol. The fourth-order valence-electron chi connectivity index (χ4n) is 3.48. The quantitative estimate of drug-likeness (QED) is 0.418. The number of nitrogens with zero attached hydrogens (tertiary/aromatic N) is 1. The van der Waals surface area contributed by atoms with Crippen molar-refractivity contribution in [2.75, 3.05) is 22.5 Å². The van der Waals surface area contributed by atoms with Crippen molar-refractivity contribution < 1.29 is 28.3 Å². The van der Waals surface area contributed by atoms with E-state index in [9.17, 15) is 14.4 Å². The highest BCUT2D eigenvalue weighted by Crippen LogP contribution is 2.40. The van der Waals surface area contributed by atoms with Crippen LogP contribution in [-0.2, 0) is 23.5 Å². The average molecular weight is 509 g/mol. The Hall–Kier alpha value is -2.04. The fourth-order valence-corrected chi connectivity index (χ4v) is 5.61. The first-order chi connectivity index (χ1) is 15.6. The second-order valence-electron chi connectivity index (χ2n) is 11.3. The van der Waals surface area contributed by atoms with E-state index in [-0.39, 0.29) is 29.9 Å². The number of carbonyl (C=O) groups excluding carboxylic acids is 3. The third kappa shape index (κ3) is 6.34. The number of amides is 2. The lowest BCUT2D eigenvalue weighted by Gasteiger charge is -2.40. The smallest absolute Gasteiger partial charge is 0.414 e. The van der Waals surface area contributed by atoms with Crippen molar-refractivity contribution in [2.45, 2.75) is 88.8 Å². The summed E-state index contributed by atoms with van der Waals surface area (Å²) in [5.41, 5.74) is 0.679. The van der Waals surface area contributed by atoms with Crippen LogP contribution in [0.1, 0.15) is 48.0 Å². The van der Waals surface area contributed by atoms with Gasteiger partial charge in [0.2, 0.25) is 5.91 Å². The summed E-state index contributed by atoms with van der Waals surface area (Å²) in [6, 6.07) is 5.50. The molecule has 2 amide bonds. The number of thioether (sulfide) groups is 1. The van der Waals surface area contributed by atoms with E-state index in [0.717, 1.165) is 4.90 Å². The van der Waals surface area contributed by atoms with E-state index in [4.69, 9.17) is 13.9 Å². The molecule has 1 N–H and O–H groups in total. The first-order valence-corrected chi connectivity index (χ1v) is 15.4. The van der Waals surface area contributed by atoms with Crippen LogP contribution in [0.3, 0.4) is 0 Å². The van der Waals surface area contributed by atoms with Gasteiger partial charge in [-0.25, -0.2) is 4.79 Å². The first kappa shape index (κ1) is 26.6. The summed E-state index contributed by atoms with van der Waals surface area (Å²) >= 11 is 1.46. The second kappa shape index (κ2) is 9.54. The normalized spacial score (nSPS) is 19.9. The number of rotatable bonds is 6. The summed E-state index contributed by atoms with van der Waals surface area (Å²) in [7, 11) is -2.28. The minimum atomic E-state index is -2.28. The molecule has 2 atom stereocenters. The van der Waals surface area contributed by atoms with Crippen LogP contribution in [0.2, 0.25) is 18.1 Å². The van der Waals surface area contributed by atoms with E-state index in [1.807, 2.05) is 32.9 Å². The van der Waals surface area contributed by atoms with Crippen molar-refractivity contribution in [1.82, 2.24) is 0 Å². The molecule has 3 rings (SSSR count). The molecule has 1 aromatic rings. The molecule has 34 heavy (non-hydrogen) atoms. The molecule has 2 heterocycles. The van der Waals surface area contributed by atoms with E-state index in [1.54, 1.807) is 6.07 Å². The van der Waals surface area contributed by atoms with Crippen molar-refractivity contribution in [3.8, 4) is 0 Å². The number of benzene rings is 1. The molecule has 0 radical (unpaired) electrons. The number of ether oxygens (including phenoxy) is 2. The zero-order chi connectivity index (χ0) is 25.5. The van der Waals surface area contributed by atoms with Gasteiger partial charge in [-0.05, 0) is 57.1 Å². The lowest BCUT2D eigenvalue weighted by molar-refractivity contribution is -0.158. The molecular weight excluding hydrogens is 472 g/mol. The highest BCUT2D eigenvalue weighted by atomic mass is 32.2. The van der Waals surface area contributed by atoms with Crippen molar-refractivity contribution in [2.24, 2.45) is 0 Å². The largest absolute Gasteiger partial charge is 0.460 e. The summed E-state index contributed by atoms with van der Waals surface area (Å²) in [5, 5.41) is 2.76. The number of hydrogen-bond acceptors (Lipinski definition) is 7. The topological polar surface area (TPSA) is 94.2 Å². The molecule has 10 heteroatoms. The van der Waals surface area contributed by atoms with Gasteiger partial charge in [-0.2, -0.15) is 0 Å². The molecule has 1 aromatic carbocycles. The molecule has 2 aliphatic heterocycles. The molecule has 1 fully saturated rings. The van der Waals surface area contributed by atoms with Gasteiger partial charge in [0.25, 0.3) is 0 Å². The van der Waals surface area contributed by atoms with E-state index < -0.39 is 32.2 Å². The minimum absolute atomic E-state index is 0.00749. The lowest BCUT2D eigenvalue weighted by atomic mass is 10.1. The van der Waals surface area contributed by atoms with Crippen molar-refractivity contribution in [3.05, 3.63) is 18.2 Å². The Labute approximate surface area is 207 Å². The Kier molecular flexibility index (Phi) is 7.45. The van der Waals surface area contributed by atoms with Gasteiger partial charge in [-0.3, -0.25) is 14.5 Å². The minimum Gasteiger partial charge on any atom is -0.460 e. The predicted octanol–water partition coefficient (Wildman–Crippen LogP) is 5.18. The molecule has 2 aliphatic rings. The molecule has 0 aliphatic carbocycles. The molecule has 188 valence electrons. The summed E-state index contributed by atoms with van der Waals surface area (Å²) in [4.78, 5) is 39.8. The van der Waals surface area contributed by atoms with Crippen LogP contribution in [0, 0.1) is 0 Å². The van der Waals surface area contributed by atoms with Crippen molar-refractivity contribution in [1.29, 1.82) is 0 Å². The zero-order valence-electron chi connectivity index (χ0n) is 21.3. The van der Waals surface area contributed by atoms with Gasteiger partial charge in [0, 0.05) is 10.6 Å². The SMILES string of the molecule is CC(C)(C)OC(=O)CC(O[Si](C)(C)C(C)(C)C)C1CN(c2ccc3c(c2)NC(=O)CS3)C(=O)O1. The van der Waals surface area contributed by atoms with Gasteiger partial charge in [0.05, 0.1) is 30.5 Å². The third-order valence-electron chi connectivity index (χ3n) is 6.20. The Morgan fingerprint density at radius 1 is 1.24 bits per heavy atom. The number of fused-ring (bicyclic) bond motifs is 1. The molecule has 0 bridgehead atoms. The molecule has 0 saturated carbocycles. The van der Waals surface area contributed by atoms with E-state index >= 15 is 0 Å². The number of hydrogen-bond donors (Lipinski definition) is 1. The van der Waals surface area contributed by atoms with E-state index in [0.29, 0.717) is 17.1 Å². The molecule has 8 nitrogen and oxygen atoms in total. The summed E-state index contributed by atoms with van der Waals surface area (Å²) < 4.78 is 17.8. The molecule has 0 spiro atoms. The standard InChI is InChI=1S/C24H36N2O6SSi/c1-23(2,3)31-21(28)12-17(32-34(7,8)24(4,5)6)18-13-26(22(29)30-18)15-9-10-19-16(11-15)25-20(27)14-33-19/h9-11,17-18H,12-14H2,1-8H3,(H,25,27). The monoisotopic (exact) mass is 508 g/mol. The Morgan fingerprint density at radius 2 is 1.91 bits per heavy atom. The van der Waals surface area contributed by atoms with Crippen LogP contribution in [0.25, 0.3) is 0 Å². The fraction of sp³-hybridized carbons (Fsp3) is 0.625.